The van der Waals surface area contributed by atoms with E-state index in [1.807, 2.05) is 30.0 Å². The van der Waals surface area contributed by atoms with Crippen molar-refractivity contribution in [2.75, 3.05) is 13.1 Å². The normalized spacial score (nSPS) is 20.4. The van der Waals surface area contributed by atoms with E-state index in [4.69, 9.17) is 17.3 Å². The Morgan fingerprint density at radius 2 is 2.17 bits per heavy atom. The predicted molar refractivity (Wildman–Crippen MR) is 91.3 cm³/mol. The first-order valence-electron chi connectivity index (χ1n) is 7.28. The van der Waals surface area contributed by atoms with Crippen LogP contribution < -0.4 is 5.73 Å². The molecule has 2 aromatic rings. The molecule has 3 rings (SSSR count). The summed E-state index contributed by atoms with van der Waals surface area (Å²) in [5, 5.41) is 8.57. The van der Waals surface area contributed by atoms with Gasteiger partial charge < -0.3 is 10.6 Å². The number of halogens is 2. The zero-order valence-electron chi connectivity index (χ0n) is 12.7. The lowest BCUT2D eigenvalue weighted by molar-refractivity contribution is 0.0737. The molecule has 2 heterocycles. The second-order valence-electron chi connectivity index (χ2n) is 5.64. The Morgan fingerprint density at radius 3 is 2.83 bits per heavy atom. The third-order valence-corrected chi connectivity index (χ3v) is 4.39. The molecule has 0 radical (unpaired) electrons. The van der Waals surface area contributed by atoms with Crippen LogP contribution in [-0.2, 0) is 0 Å². The fourth-order valence-electron chi connectivity index (χ4n) is 2.86. The molecule has 2 unspecified atom stereocenters. The van der Waals surface area contributed by atoms with Gasteiger partial charge in [0.05, 0.1) is 16.9 Å². The molecule has 1 fully saturated rings. The summed E-state index contributed by atoms with van der Waals surface area (Å²) >= 11 is 6.14. The first kappa shape index (κ1) is 17.7. The highest BCUT2D eigenvalue weighted by molar-refractivity contribution is 6.32. The molecule has 0 bridgehead atoms. The van der Waals surface area contributed by atoms with Crippen LogP contribution in [0.2, 0.25) is 5.02 Å². The summed E-state index contributed by atoms with van der Waals surface area (Å²) in [6.45, 7) is 3.31. The molecule has 0 spiro atoms. The number of rotatable bonds is 3. The van der Waals surface area contributed by atoms with Gasteiger partial charge in [-0.25, -0.2) is 4.68 Å². The molecule has 124 valence electrons. The SMILES string of the molecule is CC1CC(CN)CN1C(=O)c1cn(-c2ccccc2Cl)nn1.Cl. The monoisotopic (exact) mass is 355 g/mol. The Kier molecular flexibility index (Phi) is 5.62. The zero-order valence-corrected chi connectivity index (χ0v) is 14.3. The van der Waals surface area contributed by atoms with Crippen LogP contribution in [-0.4, -0.2) is 44.9 Å². The molecule has 0 aliphatic carbocycles. The molecule has 0 saturated carbocycles. The van der Waals surface area contributed by atoms with E-state index in [1.54, 1.807) is 12.3 Å². The number of nitrogens with two attached hydrogens (primary N) is 1. The van der Waals surface area contributed by atoms with E-state index in [0.29, 0.717) is 35.4 Å². The maximum Gasteiger partial charge on any atom is 0.276 e. The van der Waals surface area contributed by atoms with Crippen molar-refractivity contribution in [2.24, 2.45) is 11.7 Å². The number of hydrogen-bond acceptors (Lipinski definition) is 4. The number of hydrogen-bond donors (Lipinski definition) is 1. The second-order valence-corrected chi connectivity index (χ2v) is 6.05. The number of likely N-dealkylation sites (tertiary alicyclic amines) is 1. The lowest BCUT2D eigenvalue weighted by Gasteiger charge is -2.19. The Labute approximate surface area is 146 Å². The van der Waals surface area contributed by atoms with E-state index in [0.717, 1.165) is 6.42 Å². The van der Waals surface area contributed by atoms with Gasteiger partial charge in [-0.05, 0) is 37.9 Å². The van der Waals surface area contributed by atoms with Gasteiger partial charge in [-0.3, -0.25) is 4.79 Å². The van der Waals surface area contributed by atoms with Crippen LogP contribution in [0.3, 0.4) is 0 Å². The van der Waals surface area contributed by atoms with Crippen LogP contribution in [0.15, 0.2) is 30.5 Å². The predicted octanol–water partition coefficient (Wildman–Crippen LogP) is 2.15. The lowest BCUT2D eigenvalue weighted by atomic mass is 10.1. The van der Waals surface area contributed by atoms with Gasteiger partial charge in [0.1, 0.15) is 0 Å². The minimum atomic E-state index is -0.109. The van der Waals surface area contributed by atoms with E-state index in [-0.39, 0.29) is 24.4 Å². The quantitative estimate of drug-likeness (QED) is 0.914. The molecule has 23 heavy (non-hydrogen) atoms. The smallest absolute Gasteiger partial charge is 0.276 e. The van der Waals surface area contributed by atoms with Crippen LogP contribution in [0.25, 0.3) is 5.69 Å². The second kappa shape index (κ2) is 7.29. The van der Waals surface area contributed by atoms with Crippen LogP contribution in [0.4, 0.5) is 0 Å². The number of benzene rings is 1. The number of amides is 1. The van der Waals surface area contributed by atoms with Crippen molar-refractivity contribution in [3.8, 4) is 5.69 Å². The average Bonchev–Trinajstić information content (AvgIpc) is 3.14. The fraction of sp³-hybridized carbons (Fsp3) is 0.400. The standard InChI is InChI=1S/C15H18ClN5O.ClH/c1-10-6-11(7-17)8-20(10)15(22)13-9-21(19-18-13)14-5-3-2-4-12(14)16;/h2-5,9-11H,6-8,17H2,1H3;1H. The van der Waals surface area contributed by atoms with Crippen molar-refractivity contribution in [3.63, 3.8) is 0 Å². The molecule has 1 aromatic heterocycles. The Bertz CT molecular complexity index is 690. The molecule has 6 nitrogen and oxygen atoms in total. The van der Waals surface area contributed by atoms with Gasteiger partial charge in [-0.2, -0.15) is 0 Å². The summed E-state index contributed by atoms with van der Waals surface area (Å²) in [5.74, 6) is 0.249. The third kappa shape index (κ3) is 3.49. The first-order chi connectivity index (χ1) is 10.6. The minimum Gasteiger partial charge on any atom is -0.334 e. The molecule has 1 saturated heterocycles. The van der Waals surface area contributed by atoms with Gasteiger partial charge in [-0.1, -0.05) is 28.9 Å². The molecule has 1 amide bonds. The molecular weight excluding hydrogens is 337 g/mol. The fourth-order valence-corrected chi connectivity index (χ4v) is 3.08. The average molecular weight is 356 g/mol. The van der Waals surface area contributed by atoms with Crippen LogP contribution in [0.1, 0.15) is 23.8 Å². The van der Waals surface area contributed by atoms with Crippen molar-refractivity contribution < 1.29 is 4.79 Å². The van der Waals surface area contributed by atoms with E-state index in [9.17, 15) is 4.79 Å². The van der Waals surface area contributed by atoms with Gasteiger partial charge in [-0.15, -0.1) is 17.5 Å². The summed E-state index contributed by atoms with van der Waals surface area (Å²) in [6.07, 6.45) is 2.55. The summed E-state index contributed by atoms with van der Waals surface area (Å²) in [6, 6.07) is 7.47. The largest absolute Gasteiger partial charge is 0.334 e. The lowest BCUT2D eigenvalue weighted by Crippen LogP contribution is -2.34. The first-order valence-corrected chi connectivity index (χ1v) is 7.66. The van der Waals surface area contributed by atoms with Gasteiger partial charge in [0.2, 0.25) is 0 Å². The van der Waals surface area contributed by atoms with E-state index >= 15 is 0 Å². The zero-order chi connectivity index (χ0) is 15.7. The molecule has 2 atom stereocenters. The summed E-state index contributed by atoms with van der Waals surface area (Å²) < 4.78 is 1.52. The number of para-hydroxylation sites is 1. The molecule has 8 heteroatoms. The summed E-state index contributed by atoms with van der Waals surface area (Å²) in [4.78, 5) is 14.4. The van der Waals surface area contributed by atoms with Crippen molar-refractivity contribution in [1.29, 1.82) is 0 Å². The topological polar surface area (TPSA) is 77.0 Å². The Hall–Kier alpha value is -1.63. The summed E-state index contributed by atoms with van der Waals surface area (Å²) in [5.41, 5.74) is 6.73. The summed E-state index contributed by atoms with van der Waals surface area (Å²) in [7, 11) is 0. The molecule has 1 aromatic carbocycles. The van der Waals surface area contributed by atoms with Crippen molar-refractivity contribution in [3.05, 3.63) is 41.2 Å². The van der Waals surface area contributed by atoms with Crippen molar-refractivity contribution in [1.82, 2.24) is 19.9 Å². The third-order valence-electron chi connectivity index (χ3n) is 4.07. The van der Waals surface area contributed by atoms with Crippen molar-refractivity contribution >= 4 is 29.9 Å². The van der Waals surface area contributed by atoms with Crippen LogP contribution in [0, 0.1) is 5.92 Å². The molecule has 1 aliphatic rings. The Balaban J connectivity index is 0.00000192. The highest BCUT2D eigenvalue weighted by atomic mass is 35.5. The Morgan fingerprint density at radius 1 is 1.43 bits per heavy atom. The minimum absolute atomic E-state index is 0. The number of carbonyl (C=O) groups excluding carboxylic acids is 1. The van der Waals surface area contributed by atoms with Gasteiger partial charge in [0.15, 0.2) is 5.69 Å². The van der Waals surface area contributed by atoms with Gasteiger partial charge >= 0.3 is 0 Å². The molecular formula is C15H19Cl2N5O. The van der Waals surface area contributed by atoms with Crippen molar-refractivity contribution in [2.45, 2.75) is 19.4 Å². The highest BCUT2D eigenvalue weighted by Gasteiger charge is 2.33. The van der Waals surface area contributed by atoms with Gasteiger partial charge in [0, 0.05) is 12.6 Å². The number of carbonyl (C=O) groups is 1. The van der Waals surface area contributed by atoms with Gasteiger partial charge in [0.25, 0.3) is 5.91 Å². The highest BCUT2D eigenvalue weighted by Crippen LogP contribution is 2.24. The maximum absolute atomic E-state index is 12.6. The van der Waals surface area contributed by atoms with E-state index in [2.05, 4.69) is 10.3 Å². The van der Waals surface area contributed by atoms with E-state index in [1.165, 1.54) is 4.68 Å². The number of aromatic nitrogens is 3. The number of nitrogens with zero attached hydrogens (tertiary/aromatic N) is 4. The van der Waals surface area contributed by atoms with Crippen LogP contribution >= 0.6 is 24.0 Å². The van der Waals surface area contributed by atoms with E-state index < -0.39 is 0 Å². The molecule has 1 aliphatic heterocycles. The molecule has 2 N–H and O–H groups in total. The van der Waals surface area contributed by atoms with Crippen LogP contribution in [0.5, 0.6) is 0 Å². The maximum atomic E-state index is 12.6.